The van der Waals surface area contributed by atoms with E-state index >= 15 is 0 Å². The van der Waals surface area contributed by atoms with Crippen molar-refractivity contribution in [3.63, 3.8) is 0 Å². The molecular formula is C14H20N4O3S. The maximum Gasteiger partial charge on any atom is 0.307 e. The number of ether oxygens (including phenoxy) is 1. The quantitative estimate of drug-likeness (QED) is 0.804. The standard InChI is InChI=1S/C14H20N4O3S/c1-10(19)22-13-3-5-15-8-11(13)7-12-9-18(17-16-12)6-4-14(20)21-2/h7,9,13,15H,3-6,8H2,1-2H3/b11-7+. The number of esters is 1. The lowest BCUT2D eigenvalue weighted by atomic mass is 10.1. The van der Waals surface area contributed by atoms with Crippen LogP contribution in [0, 0.1) is 0 Å². The Labute approximate surface area is 133 Å². The second kappa shape index (κ2) is 8.09. The number of aryl methyl sites for hydroxylation is 1. The van der Waals surface area contributed by atoms with Crippen LogP contribution in [0.4, 0.5) is 0 Å². The minimum absolute atomic E-state index is 0.125. The number of aromatic nitrogens is 3. The molecule has 0 aliphatic carbocycles. The van der Waals surface area contributed by atoms with Crippen molar-refractivity contribution < 1.29 is 14.3 Å². The van der Waals surface area contributed by atoms with E-state index in [4.69, 9.17) is 0 Å². The molecule has 1 unspecified atom stereocenters. The Morgan fingerprint density at radius 3 is 3.14 bits per heavy atom. The number of methoxy groups -OCH3 is 1. The first-order chi connectivity index (χ1) is 10.6. The maximum absolute atomic E-state index is 11.3. The number of carbonyl (C=O) groups excluding carboxylic acids is 2. The first-order valence-electron chi connectivity index (χ1n) is 7.14. The summed E-state index contributed by atoms with van der Waals surface area (Å²) in [6.45, 7) is 3.69. The molecule has 0 aromatic carbocycles. The van der Waals surface area contributed by atoms with Gasteiger partial charge in [-0.15, -0.1) is 5.10 Å². The fourth-order valence-corrected chi connectivity index (χ4v) is 3.17. The van der Waals surface area contributed by atoms with E-state index in [-0.39, 0.29) is 22.8 Å². The van der Waals surface area contributed by atoms with Gasteiger partial charge in [0.2, 0.25) is 0 Å². The molecule has 1 saturated heterocycles. The van der Waals surface area contributed by atoms with E-state index in [1.807, 2.05) is 6.08 Å². The Hall–Kier alpha value is -1.67. The van der Waals surface area contributed by atoms with Crippen LogP contribution in [0.2, 0.25) is 0 Å². The maximum atomic E-state index is 11.3. The van der Waals surface area contributed by atoms with Gasteiger partial charge in [-0.3, -0.25) is 14.3 Å². The zero-order chi connectivity index (χ0) is 15.9. The van der Waals surface area contributed by atoms with E-state index < -0.39 is 0 Å². The topological polar surface area (TPSA) is 86.1 Å². The molecule has 1 aromatic heterocycles. The Kier molecular flexibility index (Phi) is 6.14. The van der Waals surface area contributed by atoms with Crippen LogP contribution in [-0.4, -0.2) is 51.5 Å². The Balaban J connectivity index is 2.02. The van der Waals surface area contributed by atoms with Crippen molar-refractivity contribution >= 4 is 28.9 Å². The van der Waals surface area contributed by atoms with Crippen molar-refractivity contribution in [1.82, 2.24) is 20.3 Å². The minimum Gasteiger partial charge on any atom is -0.469 e. The first kappa shape index (κ1) is 16.7. The highest BCUT2D eigenvalue weighted by molar-refractivity contribution is 8.14. The molecule has 1 fully saturated rings. The van der Waals surface area contributed by atoms with E-state index in [9.17, 15) is 9.59 Å². The molecule has 1 aliphatic heterocycles. The molecule has 0 bridgehead atoms. The summed E-state index contributed by atoms with van der Waals surface area (Å²) in [5.74, 6) is -0.273. The van der Waals surface area contributed by atoms with Gasteiger partial charge in [-0.1, -0.05) is 17.0 Å². The Morgan fingerprint density at radius 1 is 1.59 bits per heavy atom. The van der Waals surface area contributed by atoms with Crippen molar-refractivity contribution in [1.29, 1.82) is 0 Å². The minimum atomic E-state index is -0.273. The lowest BCUT2D eigenvalue weighted by Gasteiger charge is -2.24. The average Bonchev–Trinajstić information content (AvgIpc) is 2.94. The molecule has 1 N–H and O–H groups in total. The molecule has 7 nitrogen and oxygen atoms in total. The van der Waals surface area contributed by atoms with Gasteiger partial charge in [0.15, 0.2) is 5.12 Å². The van der Waals surface area contributed by atoms with Crippen molar-refractivity contribution in [3.05, 3.63) is 17.5 Å². The molecule has 1 aliphatic rings. The summed E-state index contributed by atoms with van der Waals surface area (Å²) in [7, 11) is 1.36. The summed E-state index contributed by atoms with van der Waals surface area (Å²) in [4.78, 5) is 22.4. The van der Waals surface area contributed by atoms with Gasteiger partial charge in [-0.05, 0) is 24.6 Å². The predicted octanol–water partition coefficient (Wildman–Crippen LogP) is 0.866. The fraction of sp³-hybridized carbons (Fsp3) is 0.571. The largest absolute Gasteiger partial charge is 0.469 e. The summed E-state index contributed by atoms with van der Waals surface area (Å²) in [5.41, 5.74) is 1.88. The smallest absolute Gasteiger partial charge is 0.307 e. The summed E-state index contributed by atoms with van der Waals surface area (Å²) in [6.07, 6.45) is 4.95. The van der Waals surface area contributed by atoms with E-state index in [1.54, 1.807) is 17.8 Å². The molecule has 120 valence electrons. The van der Waals surface area contributed by atoms with Crippen molar-refractivity contribution in [3.8, 4) is 0 Å². The number of thioether (sulfide) groups is 1. The van der Waals surface area contributed by atoms with Crippen LogP contribution >= 0.6 is 11.8 Å². The molecule has 2 heterocycles. The van der Waals surface area contributed by atoms with Gasteiger partial charge in [-0.25, -0.2) is 0 Å². The zero-order valence-corrected chi connectivity index (χ0v) is 13.6. The second-order valence-corrected chi connectivity index (χ2v) is 6.40. The van der Waals surface area contributed by atoms with Gasteiger partial charge in [0.1, 0.15) is 5.69 Å². The van der Waals surface area contributed by atoms with Gasteiger partial charge in [-0.2, -0.15) is 0 Å². The van der Waals surface area contributed by atoms with Crippen molar-refractivity contribution in [2.45, 2.75) is 31.6 Å². The number of nitrogens with zero attached hydrogens (tertiary/aromatic N) is 3. The zero-order valence-electron chi connectivity index (χ0n) is 12.7. The van der Waals surface area contributed by atoms with Crippen LogP contribution < -0.4 is 5.32 Å². The van der Waals surface area contributed by atoms with E-state index in [1.165, 1.54) is 18.9 Å². The Morgan fingerprint density at radius 2 is 2.41 bits per heavy atom. The molecule has 0 spiro atoms. The summed E-state index contributed by atoms with van der Waals surface area (Å²) < 4.78 is 6.21. The van der Waals surface area contributed by atoms with Crippen molar-refractivity contribution in [2.75, 3.05) is 20.2 Å². The van der Waals surface area contributed by atoms with Crippen LogP contribution in [0.5, 0.6) is 0 Å². The van der Waals surface area contributed by atoms with Gasteiger partial charge in [0, 0.05) is 18.7 Å². The summed E-state index contributed by atoms with van der Waals surface area (Å²) in [5, 5.41) is 11.7. The highest BCUT2D eigenvalue weighted by Gasteiger charge is 2.21. The van der Waals surface area contributed by atoms with Gasteiger partial charge in [0.05, 0.1) is 26.3 Å². The van der Waals surface area contributed by atoms with Crippen LogP contribution in [0.15, 0.2) is 11.8 Å². The number of hydrogen-bond acceptors (Lipinski definition) is 7. The molecule has 1 aromatic rings. The van der Waals surface area contributed by atoms with Gasteiger partial charge < -0.3 is 10.1 Å². The molecule has 1 atom stereocenters. The Bertz CT molecular complexity index is 570. The summed E-state index contributed by atoms with van der Waals surface area (Å²) >= 11 is 1.36. The van der Waals surface area contributed by atoms with Crippen LogP contribution in [0.25, 0.3) is 6.08 Å². The van der Waals surface area contributed by atoms with Crippen LogP contribution in [0.1, 0.15) is 25.5 Å². The summed E-state index contributed by atoms with van der Waals surface area (Å²) in [6, 6.07) is 0. The SMILES string of the molecule is COC(=O)CCn1cc(/C=C2\CNCCC2SC(C)=O)nn1. The number of piperidine rings is 1. The number of nitrogens with one attached hydrogen (secondary N) is 1. The third-order valence-electron chi connectivity index (χ3n) is 3.30. The van der Waals surface area contributed by atoms with E-state index in [0.717, 1.165) is 30.8 Å². The van der Waals surface area contributed by atoms with Gasteiger partial charge in [0.25, 0.3) is 0 Å². The molecule has 8 heteroatoms. The van der Waals surface area contributed by atoms with Crippen molar-refractivity contribution in [2.24, 2.45) is 0 Å². The first-order valence-corrected chi connectivity index (χ1v) is 8.02. The number of hydrogen-bond donors (Lipinski definition) is 1. The third-order valence-corrected chi connectivity index (χ3v) is 4.45. The third kappa shape index (κ3) is 4.96. The molecule has 0 saturated carbocycles. The highest BCUT2D eigenvalue weighted by atomic mass is 32.2. The van der Waals surface area contributed by atoms with Crippen LogP contribution in [0.3, 0.4) is 0 Å². The van der Waals surface area contributed by atoms with E-state index in [0.29, 0.717) is 6.54 Å². The number of carbonyl (C=O) groups is 2. The molecule has 0 radical (unpaired) electrons. The average molecular weight is 324 g/mol. The lowest BCUT2D eigenvalue weighted by molar-refractivity contribution is -0.140. The monoisotopic (exact) mass is 324 g/mol. The van der Waals surface area contributed by atoms with Gasteiger partial charge >= 0.3 is 5.97 Å². The normalized spacial score (nSPS) is 20.1. The lowest BCUT2D eigenvalue weighted by Crippen LogP contribution is -2.32. The highest BCUT2D eigenvalue weighted by Crippen LogP contribution is 2.26. The molecular weight excluding hydrogens is 304 g/mol. The predicted molar refractivity (Wildman–Crippen MR) is 84.2 cm³/mol. The second-order valence-electron chi connectivity index (χ2n) is 5.02. The number of rotatable bonds is 5. The molecule has 22 heavy (non-hydrogen) atoms. The van der Waals surface area contributed by atoms with E-state index in [2.05, 4.69) is 20.4 Å². The molecule has 0 amide bonds. The van der Waals surface area contributed by atoms with Crippen LogP contribution in [-0.2, 0) is 20.9 Å². The molecule has 2 rings (SSSR count). The fourth-order valence-electron chi connectivity index (χ4n) is 2.23.